The number of hydrogen-bond acceptors (Lipinski definition) is 6. The highest BCUT2D eigenvalue weighted by atomic mass is 32.1. The smallest absolute Gasteiger partial charge is 0.277 e. The molecule has 4 N–H and O–H groups in total. The number of rotatable bonds is 1. The summed E-state index contributed by atoms with van der Waals surface area (Å²) in [6.07, 6.45) is 2.48. The first-order chi connectivity index (χ1) is 12.5. The topological polar surface area (TPSA) is 106 Å². The molecule has 2 aliphatic rings. The van der Waals surface area contributed by atoms with E-state index in [0.29, 0.717) is 40.3 Å². The van der Waals surface area contributed by atoms with E-state index in [9.17, 15) is 15.0 Å². The monoisotopic (exact) mass is 370 g/mol. The van der Waals surface area contributed by atoms with Crippen molar-refractivity contribution >= 4 is 17.2 Å². The van der Waals surface area contributed by atoms with Crippen LogP contribution in [0.2, 0.25) is 0 Å². The number of nitrogens with zero attached hydrogens (tertiary/aromatic N) is 1. The number of amides is 1. The van der Waals surface area contributed by atoms with Crippen LogP contribution in [0.5, 0.6) is 5.75 Å². The van der Waals surface area contributed by atoms with Crippen molar-refractivity contribution in [3.63, 3.8) is 0 Å². The SMILES string of the molecule is NC(=O)c1nc2c(s1)[C@@H](O)COc1ccc(C#CC3(O)CCCC3)cc1-2. The number of hydrogen-bond donors (Lipinski definition) is 3. The van der Waals surface area contributed by atoms with E-state index in [1.165, 1.54) is 0 Å². The Kier molecular flexibility index (Phi) is 4.19. The average molecular weight is 370 g/mol. The number of ether oxygens (including phenoxy) is 1. The third-order valence-corrected chi connectivity index (χ3v) is 5.84. The molecule has 1 aliphatic carbocycles. The summed E-state index contributed by atoms with van der Waals surface area (Å²) in [5, 5.41) is 20.8. The van der Waals surface area contributed by atoms with Gasteiger partial charge in [0.25, 0.3) is 5.91 Å². The summed E-state index contributed by atoms with van der Waals surface area (Å²) in [6, 6.07) is 5.38. The molecule has 1 fully saturated rings. The lowest BCUT2D eigenvalue weighted by atomic mass is 10.0. The largest absolute Gasteiger partial charge is 0.490 e. The number of aliphatic hydroxyl groups is 2. The summed E-state index contributed by atoms with van der Waals surface area (Å²) in [5.41, 5.74) is 6.29. The predicted molar refractivity (Wildman–Crippen MR) is 96.8 cm³/mol. The molecule has 26 heavy (non-hydrogen) atoms. The van der Waals surface area contributed by atoms with Crippen LogP contribution in [0, 0.1) is 11.8 Å². The van der Waals surface area contributed by atoms with Gasteiger partial charge in [-0.25, -0.2) is 4.98 Å². The quantitative estimate of drug-likeness (QED) is 0.666. The molecular weight excluding hydrogens is 352 g/mol. The van der Waals surface area contributed by atoms with E-state index >= 15 is 0 Å². The second kappa shape index (κ2) is 6.40. The fourth-order valence-corrected chi connectivity index (χ4v) is 4.19. The number of carbonyl (C=O) groups is 1. The Bertz CT molecular complexity index is 935. The van der Waals surface area contributed by atoms with Gasteiger partial charge in [0, 0.05) is 11.1 Å². The van der Waals surface area contributed by atoms with Crippen LogP contribution in [0.3, 0.4) is 0 Å². The van der Waals surface area contributed by atoms with Gasteiger partial charge in [0.1, 0.15) is 24.1 Å². The third kappa shape index (κ3) is 3.07. The van der Waals surface area contributed by atoms with Gasteiger partial charge in [0.05, 0.1) is 10.6 Å². The summed E-state index contributed by atoms with van der Waals surface area (Å²) >= 11 is 1.08. The second-order valence-electron chi connectivity index (χ2n) is 6.62. The number of aliphatic hydroxyl groups excluding tert-OH is 1. The molecule has 7 heteroatoms. The van der Waals surface area contributed by atoms with Crippen LogP contribution in [0.15, 0.2) is 18.2 Å². The van der Waals surface area contributed by atoms with Crippen molar-refractivity contribution in [2.45, 2.75) is 37.4 Å². The van der Waals surface area contributed by atoms with Gasteiger partial charge in [-0.15, -0.1) is 11.3 Å². The van der Waals surface area contributed by atoms with Gasteiger partial charge in [0.2, 0.25) is 0 Å². The first kappa shape index (κ1) is 17.0. The minimum absolute atomic E-state index is 0.0746. The molecule has 4 rings (SSSR count). The van der Waals surface area contributed by atoms with Crippen LogP contribution in [0.1, 0.15) is 52.0 Å². The van der Waals surface area contributed by atoms with Gasteiger partial charge in [-0.05, 0) is 43.9 Å². The van der Waals surface area contributed by atoms with E-state index in [1.807, 2.05) is 12.1 Å². The van der Waals surface area contributed by atoms with Crippen LogP contribution < -0.4 is 10.5 Å². The fraction of sp³-hybridized carbons (Fsp3) is 0.368. The predicted octanol–water partition coefficient (Wildman–Crippen LogP) is 1.99. The number of aromatic nitrogens is 1. The van der Waals surface area contributed by atoms with Crippen LogP contribution in [0.25, 0.3) is 11.3 Å². The van der Waals surface area contributed by atoms with Gasteiger partial charge in [-0.1, -0.05) is 11.8 Å². The van der Waals surface area contributed by atoms with Crippen LogP contribution in [0.4, 0.5) is 0 Å². The summed E-state index contributed by atoms with van der Waals surface area (Å²) in [7, 11) is 0. The van der Waals surface area contributed by atoms with Gasteiger partial charge < -0.3 is 20.7 Å². The van der Waals surface area contributed by atoms with Crippen molar-refractivity contribution in [3.05, 3.63) is 33.6 Å². The summed E-state index contributed by atoms with van der Waals surface area (Å²) in [4.78, 5) is 16.3. The van der Waals surface area contributed by atoms with E-state index in [-0.39, 0.29) is 11.6 Å². The normalized spacial score (nSPS) is 20.2. The lowest BCUT2D eigenvalue weighted by Crippen LogP contribution is -2.20. The Hall–Kier alpha value is -2.40. The Morgan fingerprint density at radius 3 is 2.88 bits per heavy atom. The maximum Gasteiger partial charge on any atom is 0.277 e. The minimum atomic E-state index is -0.912. The lowest BCUT2D eigenvalue weighted by Gasteiger charge is -2.13. The molecule has 1 aliphatic heterocycles. The molecule has 0 spiro atoms. The molecule has 1 atom stereocenters. The molecule has 0 saturated heterocycles. The molecule has 1 aromatic carbocycles. The molecule has 0 unspecified atom stereocenters. The molecule has 134 valence electrons. The standard InChI is InChI=1S/C19H18N2O4S/c20-17(23)18-21-15-12-9-11(5-8-19(24)6-1-2-7-19)3-4-14(12)25-10-13(22)16(15)26-18/h3-4,9,13,22,24H,1-2,6-7,10H2,(H2,20,23)/t13-/m0/s1. The van der Waals surface area contributed by atoms with E-state index in [2.05, 4.69) is 16.8 Å². The molecule has 2 heterocycles. The molecule has 0 radical (unpaired) electrons. The van der Waals surface area contributed by atoms with Gasteiger partial charge in [0.15, 0.2) is 5.01 Å². The molecule has 1 saturated carbocycles. The number of benzene rings is 1. The minimum Gasteiger partial charge on any atom is -0.490 e. The number of carbonyl (C=O) groups excluding carboxylic acids is 1. The van der Waals surface area contributed by atoms with Crippen molar-refractivity contribution < 1.29 is 19.7 Å². The zero-order valence-electron chi connectivity index (χ0n) is 14.0. The Morgan fingerprint density at radius 1 is 1.38 bits per heavy atom. The van der Waals surface area contributed by atoms with Crippen LogP contribution in [-0.2, 0) is 0 Å². The van der Waals surface area contributed by atoms with E-state index in [1.54, 1.807) is 6.07 Å². The molecule has 2 aromatic rings. The Labute approximate surface area is 154 Å². The molecule has 0 bridgehead atoms. The first-order valence-electron chi connectivity index (χ1n) is 8.46. The average Bonchev–Trinajstić information content (AvgIpc) is 3.23. The molecular formula is C19H18N2O4S. The zero-order chi connectivity index (χ0) is 18.3. The Morgan fingerprint density at radius 2 is 2.15 bits per heavy atom. The highest BCUT2D eigenvalue weighted by Gasteiger charge is 2.29. The van der Waals surface area contributed by atoms with Crippen molar-refractivity contribution in [1.29, 1.82) is 0 Å². The van der Waals surface area contributed by atoms with E-state index in [4.69, 9.17) is 10.5 Å². The lowest BCUT2D eigenvalue weighted by molar-refractivity contribution is 0.0999. The second-order valence-corrected chi connectivity index (χ2v) is 7.65. The summed E-state index contributed by atoms with van der Waals surface area (Å²) in [5.74, 6) is 5.95. The number of nitrogens with two attached hydrogens (primary N) is 1. The number of primary amides is 1. The van der Waals surface area contributed by atoms with Crippen molar-refractivity contribution in [1.82, 2.24) is 4.98 Å². The maximum absolute atomic E-state index is 11.5. The van der Waals surface area contributed by atoms with Crippen molar-refractivity contribution in [2.75, 3.05) is 6.61 Å². The Balaban J connectivity index is 1.77. The zero-order valence-corrected chi connectivity index (χ0v) is 14.8. The van der Waals surface area contributed by atoms with Gasteiger partial charge in [-0.2, -0.15) is 0 Å². The highest BCUT2D eigenvalue weighted by Crippen LogP contribution is 2.41. The van der Waals surface area contributed by atoms with Crippen LogP contribution >= 0.6 is 11.3 Å². The van der Waals surface area contributed by atoms with Crippen molar-refractivity contribution in [3.8, 4) is 28.8 Å². The fourth-order valence-electron chi connectivity index (χ4n) is 3.29. The third-order valence-electron chi connectivity index (χ3n) is 4.67. The van der Waals surface area contributed by atoms with Gasteiger partial charge >= 0.3 is 0 Å². The molecule has 1 aromatic heterocycles. The maximum atomic E-state index is 11.5. The molecule has 1 amide bonds. The number of thiazole rings is 1. The number of fused-ring (bicyclic) bond motifs is 3. The van der Waals surface area contributed by atoms with Gasteiger partial charge in [-0.3, -0.25) is 4.79 Å². The summed E-state index contributed by atoms with van der Waals surface area (Å²) in [6.45, 7) is 0.0746. The summed E-state index contributed by atoms with van der Waals surface area (Å²) < 4.78 is 5.66. The molecule has 6 nitrogen and oxygen atoms in total. The van der Waals surface area contributed by atoms with Crippen LogP contribution in [-0.4, -0.2) is 33.3 Å². The van der Waals surface area contributed by atoms with E-state index < -0.39 is 17.6 Å². The van der Waals surface area contributed by atoms with Crippen molar-refractivity contribution in [2.24, 2.45) is 5.73 Å². The highest BCUT2D eigenvalue weighted by molar-refractivity contribution is 7.14. The first-order valence-corrected chi connectivity index (χ1v) is 9.28. The van der Waals surface area contributed by atoms with E-state index in [0.717, 1.165) is 24.2 Å².